The second-order valence-electron chi connectivity index (χ2n) is 6.85. The summed E-state index contributed by atoms with van der Waals surface area (Å²) in [5.74, 6) is 5.41. The molecule has 0 amide bonds. The van der Waals surface area contributed by atoms with Crippen LogP contribution in [0.3, 0.4) is 0 Å². The molecule has 17 heavy (non-hydrogen) atoms. The standard InChI is InChI=1S/C16H24S/c1-2-4-14-11(3-1)5-6-12-9-13-7-8-17-16(13)10-15(12)14/h7-8,11-16H,1-6,9-10H2. The van der Waals surface area contributed by atoms with Gasteiger partial charge in [0.05, 0.1) is 0 Å². The molecule has 1 aliphatic heterocycles. The van der Waals surface area contributed by atoms with E-state index in [-0.39, 0.29) is 0 Å². The van der Waals surface area contributed by atoms with Crippen LogP contribution in [0.5, 0.6) is 0 Å². The van der Waals surface area contributed by atoms with E-state index < -0.39 is 0 Å². The van der Waals surface area contributed by atoms with Crippen molar-refractivity contribution in [1.29, 1.82) is 0 Å². The minimum atomic E-state index is 0.946. The monoisotopic (exact) mass is 248 g/mol. The molecule has 6 unspecified atom stereocenters. The zero-order chi connectivity index (χ0) is 11.2. The summed E-state index contributed by atoms with van der Waals surface area (Å²) in [5.41, 5.74) is 0. The van der Waals surface area contributed by atoms with Crippen molar-refractivity contribution >= 4 is 11.8 Å². The van der Waals surface area contributed by atoms with E-state index in [4.69, 9.17) is 0 Å². The Morgan fingerprint density at radius 2 is 1.71 bits per heavy atom. The van der Waals surface area contributed by atoms with Crippen molar-refractivity contribution in [3.05, 3.63) is 11.5 Å². The van der Waals surface area contributed by atoms with E-state index >= 15 is 0 Å². The normalized spacial score (nSPS) is 52.7. The first-order valence-electron chi connectivity index (χ1n) is 7.74. The molecule has 0 nitrogen and oxygen atoms in total. The molecule has 0 bridgehead atoms. The highest BCUT2D eigenvalue weighted by molar-refractivity contribution is 8.03. The third-order valence-electron chi connectivity index (χ3n) is 6.17. The van der Waals surface area contributed by atoms with Crippen molar-refractivity contribution in [2.45, 2.75) is 56.6 Å². The average molecular weight is 248 g/mol. The molecule has 1 heteroatoms. The molecule has 0 spiro atoms. The van der Waals surface area contributed by atoms with Crippen LogP contribution in [-0.4, -0.2) is 5.25 Å². The molecule has 0 aromatic heterocycles. The Bertz CT molecular complexity index is 321. The van der Waals surface area contributed by atoms with Crippen LogP contribution in [0.25, 0.3) is 0 Å². The maximum Gasteiger partial charge on any atom is 0.0154 e. The maximum atomic E-state index is 2.51. The number of allylic oxidation sites excluding steroid dienone is 1. The quantitative estimate of drug-likeness (QED) is 0.590. The van der Waals surface area contributed by atoms with Gasteiger partial charge < -0.3 is 0 Å². The molecule has 94 valence electrons. The first kappa shape index (κ1) is 11.0. The van der Waals surface area contributed by atoms with Crippen LogP contribution >= 0.6 is 11.8 Å². The van der Waals surface area contributed by atoms with Crippen LogP contribution in [0.2, 0.25) is 0 Å². The van der Waals surface area contributed by atoms with Gasteiger partial charge in [-0.3, -0.25) is 0 Å². The zero-order valence-electron chi connectivity index (χ0n) is 10.7. The van der Waals surface area contributed by atoms with Crippen molar-refractivity contribution in [2.24, 2.45) is 29.6 Å². The minimum Gasteiger partial charge on any atom is -0.130 e. The zero-order valence-corrected chi connectivity index (χ0v) is 11.5. The molecule has 4 rings (SSSR count). The largest absolute Gasteiger partial charge is 0.130 e. The predicted molar refractivity (Wildman–Crippen MR) is 74.9 cm³/mol. The molecule has 0 radical (unpaired) electrons. The summed E-state index contributed by atoms with van der Waals surface area (Å²) in [7, 11) is 0. The third-order valence-corrected chi connectivity index (χ3v) is 7.37. The van der Waals surface area contributed by atoms with E-state index in [0.717, 1.165) is 34.8 Å². The number of hydrogen-bond acceptors (Lipinski definition) is 1. The number of rotatable bonds is 0. The smallest absolute Gasteiger partial charge is 0.0154 e. The van der Waals surface area contributed by atoms with Gasteiger partial charge in [-0.2, -0.15) is 0 Å². The first-order valence-corrected chi connectivity index (χ1v) is 8.68. The summed E-state index contributed by atoms with van der Waals surface area (Å²) in [4.78, 5) is 0. The average Bonchev–Trinajstić information content (AvgIpc) is 2.83. The fourth-order valence-electron chi connectivity index (χ4n) is 5.36. The van der Waals surface area contributed by atoms with Crippen LogP contribution in [0, 0.1) is 29.6 Å². The van der Waals surface area contributed by atoms with E-state index in [1.54, 1.807) is 32.1 Å². The summed E-state index contributed by atoms with van der Waals surface area (Å²) < 4.78 is 0. The molecule has 0 saturated heterocycles. The fourth-order valence-corrected chi connectivity index (χ4v) is 6.59. The maximum absolute atomic E-state index is 2.51. The predicted octanol–water partition coefficient (Wildman–Crippen LogP) is 4.86. The fraction of sp³-hybridized carbons (Fsp3) is 0.875. The lowest BCUT2D eigenvalue weighted by molar-refractivity contribution is 0.0210. The lowest BCUT2D eigenvalue weighted by Gasteiger charge is -2.50. The summed E-state index contributed by atoms with van der Waals surface area (Å²) in [6, 6.07) is 0. The highest BCUT2D eigenvalue weighted by Crippen LogP contribution is 2.55. The molecule has 0 aromatic carbocycles. The van der Waals surface area contributed by atoms with E-state index in [2.05, 4.69) is 23.2 Å². The van der Waals surface area contributed by atoms with Crippen molar-refractivity contribution in [3.8, 4) is 0 Å². The van der Waals surface area contributed by atoms with Crippen LogP contribution in [0.4, 0.5) is 0 Å². The van der Waals surface area contributed by atoms with E-state index in [0.29, 0.717) is 0 Å². The molecule has 3 aliphatic carbocycles. The highest BCUT2D eigenvalue weighted by Gasteiger charge is 2.46. The van der Waals surface area contributed by atoms with Gasteiger partial charge in [-0.05, 0) is 67.1 Å². The second-order valence-corrected chi connectivity index (χ2v) is 8.00. The van der Waals surface area contributed by atoms with Crippen LogP contribution < -0.4 is 0 Å². The molecule has 3 fully saturated rings. The summed E-state index contributed by atoms with van der Waals surface area (Å²) >= 11 is 2.14. The molecular weight excluding hydrogens is 224 g/mol. The van der Waals surface area contributed by atoms with Gasteiger partial charge in [-0.15, -0.1) is 11.8 Å². The van der Waals surface area contributed by atoms with Crippen molar-refractivity contribution in [1.82, 2.24) is 0 Å². The van der Waals surface area contributed by atoms with Crippen LogP contribution in [0.15, 0.2) is 11.5 Å². The van der Waals surface area contributed by atoms with Gasteiger partial charge in [0.15, 0.2) is 0 Å². The lowest BCUT2D eigenvalue weighted by Crippen LogP contribution is -2.42. The van der Waals surface area contributed by atoms with Crippen LogP contribution in [0.1, 0.15) is 51.4 Å². The van der Waals surface area contributed by atoms with Crippen molar-refractivity contribution in [3.63, 3.8) is 0 Å². The van der Waals surface area contributed by atoms with Gasteiger partial charge in [0.25, 0.3) is 0 Å². The summed E-state index contributed by atoms with van der Waals surface area (Å²) in [6.45, 7) is 0. The Kier molecular flexibility index (Phi) is 2.79. The molecule has 6 atom stereocenters. The Balaban J connectivity index is 1.54. The Morgan fingerprint density at radius 3 is 2.71 bits per heavy atom. The molecule has 1 heterocycles. The van der Waals surface area contributed by atoms with Crippen molar-refractivity contribution in [2.75, 3.05) is 0 Å². The topological polar surface area (TPSA) is 0 Å². The van der Waals surface area contributed by atoms with E-state index in [1.807, 2.05) is 0 Å². The Morgan fingerprint density at radius 1 is 0.824 bits per heavy atom. The highest BCUT2D eigenvalue weighted by atomic mass is 32.2. The lowest BCUT2D eigenvalue weighted by atomic mass is 9.56. The van der Waals surface area contributed by atoms with Gasteiger partial charge in [0.1, 0.15) is 0 Å². The van der Waals surface area contributed by atoms with Gasteiger partial charge in [-0.25, -0.2) is 0 Å². The van der Waals surface area contributed by atoms with Gasteiger partial charge >= 0.3 is 0 Å². The van der Waals surface area contributed by atoms with Crippen LogP contribution in [-0.2, 0) is 0 Å². The van der Waals surface area contributed by atoms with Gasteiger partial charge in [0.2, 0.25) is 0 Å². The number of thioether (sulfide) groups is 1. The van der Waals surface area contributed by atoms with E-state index in [9.17, 15) is 0 Å². The first-order chi connectivity index (χ1) is 8.42. The number of hydrogen-bond donors (Lipinski definition) is 0. The second kappa shape index (κ2) is 4.33. The summed E-state index contributed by atoms with van der Waals surface area (Å²) in [5, 5.41) is 3.36. The van der Waals surface area contributed by atoms with Crippen molar-refractivity contribution < 1.29 is 0 Å². The minimum absolute atomic E-state index is 0.946. The SMILES string of the molecule is C1=CC2CC3CCC4CCCCC4C3CC2S1. The Hall–Kier alpha value is 0.0900. The molecule has 4 aliphatic rings. The molecule has 3 saturated carbocycles. The third kappa shape index (κ3) is 1.80. The van der Waals surface area contributed by atoms with E-state index in [1.165, 1.54) is 19.3 Å². The number of fused-ring (bicyclic) bond motifs is 4. The molecule has 0 aromatic rings. The van der Waals surface area contributed by atoms with Gasteiger partial charge in [-0.1, -0.05) is 25.3 Å². The van der Waals surface area contributed by atoms with Gasteiger partial charge in [0, 0.05) is 5.25 Å². The Labute approximate surface area is 110 Å². The summed E-state index contributed by atoms with van der Waals surface area (Å²) in [6.07, 6.45) is 14.9. The molecule has 0 N–H and O–H groups in total. The molecular formula is C16H24S.